The van der Waals surface area contributed by atoms with Crippen LogP contribution in [0, 0.1) is 0 Å². The number of hydrogen-bond donors (Lipinski definition) is 5. The molecule has 0 aromatic heterocycles. The van der Waals surface area contributed by atoms with Crippen LogP contribution in [-0.2, 0) is 14.4 Å². The molecule has 8 nitrogen and oxygen atoms in total. The van der Waals surface area contributed by atoms with E-state index in [2.05, 4.69) is 0 Å². The molecule has 15 heavy (non-hydrogen) atoms. The van der Waals surface area contributed by atoms with E-state index >= 15 is 0 Å². The first-order valence-corrected chi connectivity index (χ1v) is 4.06. The molecule has 86 valence electrons. The summed E-state index contributed by atoms with van der Waals surface area (Å²) in [6, 6.07) is -2.53. The molecular formula is C7H13N3O5. The highest BCUT2D eigenvalue weighted by molar-refractivity contribution is 5.90. The number of nitrogens with one attached hydrogen (secondary N) is 1. The molecular weight excluding hydrogens is 206 g/mol. The van der Waals surface area contributed by atoms with Crippen molar-refractivity contribution < 1.29 is 24.6 Å². The summed E-state index contributed by atoms with van der Waals surface area (Å²) >= 11 is 0. The van der Waals surface area contributed by atoms with Crippen LogP contribution >= 0.6 is 0 Å². The topological polar surface area (TPSA) is 156 Å². The number of carbonyl (C=O) groups excluding carboxylic acids is 2. The number of carboxylic acid groups (broad SMARTS) is 1. The Balaban J connectivity index is 4.21. The predicted octanol–water partition coefficient (Wildman–Crippen LogP) is -3.25. The average Bonchev–Trinajstić information content (AvgIpc) is 2.11. The molecule has 7 N–H and O–H groups in total. The Morgan fingerprint density at radius 1 is 1.33 bits per heavy atom. The van der Waals surface area contributed by atoms with Gasteiger partial charge in [0.05, 0.1) is 19.1 Å². The summed E-state index contributed by atoms with van der Waals surface area (Å²) in [5, 5.41) is 19.0. The first kappa shape index (κ1) is 13.3. The molecule has 0 rings (SSSR count). The standard InChI is InChI=1S/C7H13N3O5/c8-3(1-5(12)13)7(15)10-4(2-11)6(9)14/h3-4,11H,1-2,8H2,(H2,9,14)(H,10,15)(H,12,13)/t3-,4?/m0/s1. The maximum atomic E-state index is 11.1. The van der Waals surface area contributed by atoms with E-state index in [1.165, 1.54) is 0 Å². The van der Waals surface area contributed by atoms with Gasteiger partial charge in [0.1, 0.15) is 6.04 Å². The molecule has 0 heterocycles. The van der Waals surface area contributed by atoms with Crippen molar-refractivity contribution in [3.63, 3.8) is 0 Å². The fourth-order valence-corrected chi connectivity index (χ4v) is 0.766. The van der Waals surface area contributed by atoms with Crippen LogP contribution in [0.1, 0.15) is 6.42 Å². The number of amides is 2. The summed E-state index contributed by atoms with van der Waals surface area (Å²) in [4.78, 5) is 31.9. The molecule has 1 unspecified atom stereocenters. The van der Waals surface area contributed by atoms with Crippen molar-refractivity contribution in [1.82, 2.24) is 5.32 Å². The van der Waals surface area contributed by atoms with Gasteiger partial charge in [0.2, 0.25) is 11.8 Å². The van der Waals surface area contributed by atoms with Crippen LogP contribution < -0.4 is 16.8 Å². The Hall–Kier alpha value is -1.67. The van der Waals surface area contributed by atoms with Crippen molar-refractivity contribution in [2.45, 2.75) is 18.5 Å². The van der Waals surface area contributed by atoms with Crippen LogP contribution in [0.3, 0.4) is 0 Å². The number of primary amides is 1. The van der Waals surface area contributed by atoms with Crippen molar-refractivity contribution in [3.05, 3.63) is 0 Å². The van der Waals surface area contributed by atoms with Gasteiger partial charge in [-0.15, -0.1) is 0 Å². The Bertz CT molecular complexity index is 267. The molecule has 2 atom stereocenters. The fourth-order valence-electron chi connectivity index (χ4n) is 0.766. The third-order valence-electron chi connectivity index (χ3n) is 1.57. The van der Waals surface area contributed by atoms with Gasteiger partial charge in [-0.25, -0.2) is 0 Å². The molecule has 0 saturated heterocycles. The number of nitrogens with two attached hydrogens (primary N) is 2. The third-order valence-corrected chi connectivity index (χ3v) is 1.57. The van der Waals surface area contributed by atoms with Crippen molar-refractivity contribution in [2.24, 2.45) is 11.5 Å². The normalized spacial score (nSPS) is 14.0. The number of aliphatic hydroxyl groups is 1. The molecule has 0 radical (unpaired) electrons. The zero-order chi connectivity index (χ0) is 12.0. The van der Waals surface area contributed by atoms with Gasteiger partial charge in [0.25, 0.3) is 0 Å². The summed E-state index contributed by atoms with van der Waals surface area (Å²) in [5.41, 5.74) is 10.0. The largest absolute Gasteiger partial charge is 0.481 e. The summed E-state index contributed by atoms with van der Waals surface area (Å²) < 4.78 is 0. The van der Waals surface area contributed by atoms with E-state index < -0.39 is 42.9 Å². The van der Waals surface area contributed by atoms with E-state index in [4.69, 9.17) is 21.7 Å². The molecule has 0 aliphatic carbocycles. The molecule has 0 aliphatic heterocycles. The fraction of sp³-hybridized carbons (Fsp3) is 0.571. The molecule has 0 saturated carbocycles. The minimum Gasteiger partial charge on any atom is -0.481 e. The molecule has 8 heteroatoms. The number of hydrogen-bond acceptors (Lipinski definition) is 5. The van der Waals surface area contributed by atoms with Gasteiger partial charge in [-0.3, -0.25) is 14.4 Å². The van der Waals surface area contributed by atoms with E-state index in [0.717, 1.165) is 0 Å². The predicted molar refractivity (Wildman–Crippen MR) is 48.4 cm³/mol. The second-order valence-electron chi connectivity index (χ2n) is 2.85. The van der Waals surface area contributed by atoms with Gasteiger partial charge in [-0.2, -0.15) is 0 Å². The quantitative estimate of drug-likeness (QED) is 0.316. The van der Waals surface area contributed by atoms with Crippen LogP contribution in [0.25, 0.3) is 0 Å². The third kappa shape index (κ3) is 4.93. The summed E-state index contributed by atoms with van der Waals surface area (Å²) in [7, 11) is 0. The smallest absolute Gasteiger partial charge is 0.305 e. The van der Waals surface area contributed by atoms with Gasteiger partial charge in [-0.05, 0) is 0 Å². The molecule has 0 fully saturated rings. The summed E-state index contributed by atoms with van der Waals surface area (Å²) in [5.74, 6) is -3.01. The molecule has 2 amide bonds. The zero-order valence-electron chi connectivity index (χ0n) is 7.84. The van der Waals surface area contributed by atoms with Crippen LogP contribution in [-0.4, -0.2) is 46.7 Å². The molecule has 0 bridgehead atoms. The lowest BCUT2D eigenvalue weighted by Gasteiger charge is -2.15. The first-order chi connectivity index (χ1) is 6.88. The van der Waals surface area contributed by atoms with Crippen LogP contribution in [0.2, 0.25) is 0 Å². The van der Waals surface area contributed by atoms with Crippen molar-refractivity contribution in [3.8, 4) is 0 Å². The summed E-state index contributed by atoms with van der Waals surface area (Å²) in [6.07, 6.45) is -0.567. The van der Waals surface area contributed by atoms with Crippen molar-refractivity contribution >= 4 is 17.8 Å². The molecule has 0 spiro atoms. The Kier molecular flexibility index (Phi) is 5.27. The van der Waals surface area contributed by atoms with Gasteiger partial charge in [-0.1, -0.05) is 0 Å². The molecule has 0 aromatic rings. The number of carboxylic acids is 1. The minimum absolute atomic E-state index is 0.567. The molecule has 0 aromatic carbocycles. The van der Waals surface area contributed by atoms with E-state index in [1.807, 2.05) is 5.32 Å². The van der Waals surface area contributed by atoms with Gasteiger partial charge < -0.3 is 27.0 Å². The van der Waals surface area contributed by atoms with E-state index in [0.29, 0.717) is 0 Å². The van der Waals surface area contributed by atoms with E-state index in [-0.39, 0.29) is 0 Å². The van der Waals surface area contributed by atoms with Gasteiger partial charge in [0.15, 0.2) is 0 Å². The SMILES string of the molecule is NC(=O)C(CO)NC(=O)[C@@H](N)CC(=O)O. The van der Waals surface area contributed by atoms with Gasteiger partial charge >= 0.3 is 5.97 Å². The van der Waals surface area contributed by atoms with Crippen molar-refractivity contribution in [1.29, 1.82) is 0 Å². The van der Waals surface area contributed by atoms with Crippen LogP contribution in [0.4, 0.5) is 0 Å². The lowest BCUT2D eigenvalue weighted by molar-refractivity contribution is -0.139. The van der Waals surface area contributed by atoms with Crippen molar-refractivity contribution in [2.75, 3.05) is 6.61 Å². The second kappa shape index (κ2) is 5.94. The van der Waals surface area contributed by atoms with Gasteiger partial charge in [0, 0.05) is 0 Å². The van der Waals surface area contributed by atoms with Crippen LogP contribution in [0.15, 0.2) is 0 Å². The lowest BCUT2D eigenvalue weighted by atomic mass is 10.2. The number of aliphatic carboxylic acids is 1. The van der Waals surface area contributed by atoms with E-state index in [9.17, 15) is 14.4 Å². The Labute approximate surface area is 85.2 Å². The average molecular weight is 219 g/mol. The number of carbonyl (C=O) groups is 3. The Morgan fingerprint density at radius 3 is 2.20 bits per heavy atom. The molecule has 0 aliphatic rings. The van der Waals surface area contributed by atoms with Crippen LogP contribution in [0.5, 0.6) is 0 Å². The first-order valence-electron chi connectivity index (χ1n) is 4.06. The highest BCUT2D eigenvalue weighted by atomic mass is 16.4. The zero-order valence-corrected chi connectivity index (χ0v) is 7.84. The summed E-state index contributed by atoms with van der Waals surface area (Å²) in [6.45, 7) is -0.666. The number of aliphatic hydroxyl groups excluding tert-OH is 1. The highest BCUT2D eigenvalue weighted by Crippen LogP contribution is 1.90. The second-order valence-corrected chi connectivity index (χ2v) is 2.85. The Morgan fingerprint density at radius 2 is 1.87 bits per heavy atom. The highest BCUT2D eigenvalue weighted by Gasteiger charge is 2.22. The number of rotatable bonds is 6. The maximum Gasteiger partial charge on any atom is 0.305 e. The maximum absolute atomic E-state index is 11.1. The lowest BCUT2D eigenvalue weighted by Crippen LogP contribution is -2.52. The monoisotopic (exact) mass is 219 g/mol. The van der Waals surface area contributed by atoms with E-state index in [1.54, 1.807) is 0 Å². The minimum atomic E-state index is -1.28.